The molecule has 110 valence electrons. The zero-order valence-electron chi connectivity index (χ0n) is 13.2. The van der Waals surface area contributed by atoms with E-state index in [1.807, 2.05) is 49.8 Å². The minimum absolute atomic E-state index is 0.973. The van der Waals surface area contributed by atoms with Gasteiger partial charge in [0.15, 0.2) is 0 Å². The lowest BCUT2D eigenvalue weighted by molar-refractivity contribution is 0.960. The molecule has 3 aromatic rings. The Labute approximate surface area is 130 Å². The molecule has 3 rings (SSSR count). The van der Waals surface area contributed by atoms with Gasteiger partial charge in [0.1, 0.15) is 0 Å². The second-order valence-electron chi connectivity index (χ2n) is 5.65. The van der Waals surface area contributed by atoms with Gasteiger partial charge in [-0.25, -0.2) is 4.52 Å². The van der Waals surface area contributed by atoms with Crippen LogP contribution in [-0.4, -0.2) is 14.6 Å². The Kier molecular flexibility index (Phi) is 3.41. The van der Waals surface area contributed by atoms with Crippen molar-refractivity contribution in [1.29, 1.82) is 0 Å². The molecular formula is C19H19N3. The van der Waals surface area contributed by atoms with Gasteiger partial charge in [-0.05, 0) is 55.7 Å². The molecule has 0 atom stereocenters. The molecule has 0 aromatic carbocycles. The highest BCUT2D eigenvalue weighted by Gasteiger charge is 2.10. The number of fused-ring (bicyclic) bond motifs is 1. The Hall–Kier alpha value is -2.68. The normalized spacial score (nSPS) is 10.9. The third kappa shape index (κ3) is 2.35. The van der Waals surface area contributed by atoms with E-state index in [2.05, 4.69) is 35.4 Å². The zero-order valence-corrected chi connectivity index (χ0v) is 13.2. The number of hydrogen-bond acceptors (Lipinski definition) is 2. The molecule has 0 bridgehead atoms. The van der Waals surface area contributed by atoms with Crippen molar-refractivity contribution in [2.75, 3.05) is 0 Å². The van der Waals surface area contributed by atoms with Crippen LogP contribution in [0.15, 0.2) is 49.8 Å². The number of rotatable bonds is 3. The van der Waals surface area contributed by atoms with Gasteiger partial charge in [0, 0.05) is 28.7 Å². The van der Waals surface area contributed by atoms with E-state index >= 15 is 0 Å². The van der Waals surface area contributed by atoms with E-state index in [0.717, 1.165) is 44.7 Å². The molecule has 0 fully saturated rings. The fourth-order valence-corrected chi connectivity index (χ4v) is 2.66. The minimum Gasteiger partial charge on any atom is -0.258 e. The molecule has 0 unspecified atom stereocenters. The van der Waals surface area contributed by atoms with Gasteiger partial charge in [0.2, 0.25) is 0 Å². The lowest BCUT2D eigenvalue weighted by atomic mass is 9.98. The summed E-state index contributed by atoms with van der Waals surface area (Å²) in [5, 5.41) is 4.36. The van der Waals surface area contributed by atoms with E-state index in [1.54, 1.807) is 0 Å². The first-order valence-corrected chi connectivity index (χ1v) is 7.24. The Bertz CT molecular complexity index is 900. The van der Waals surface area contributed by atoms with Gasteiger partial charge in [-0.1, -0.05) is 19.2 Å². The second kappa shape index (κ2) is 5.26. The summed E-state index contributed by atoms with van der Waals surface area (Å²) in [6.07, 6.45) is 3.81. The minimum atomic E-state index is 0.973. The highest BCUT2D eigenvalue weighted by Crippen LogP contribution is 2.27. The van der Waals surface area contributed by atoms with Gasteiger partial charge >= 0.3 is 0 Å². The molecule has 0 aliphatic rings. The summed E-state index contributed by atoms with van der Waals surface area (Å²) >= 11 is 0. The summed E-state index contributed by atoms with van der Waals surface area (Å²) in [7, 11) is 0. The number of aromatic nitrogens is 3. The molecule has 3 aromatic heterocycles. The van der Waals surface area contributed by atoms with E-state index in [4.69, 9.17) is 0 Å². The number of allylic oxidation sites excluding steroid dienone is 1. The zero-order chi connectivity index (χ0) is 15.9. The van der Waals surface area contributed by atoms with Crippen LogP contribution in [0.1, 0.15) is 35.0 Å². The first-order valence-electron chi connectivity index (χ1n) is 7.24. The van der Waals surface area contributed by atoms with Crippen LogP contribution in [0, 0.1) is 13.8 Å². The highest BCUT2D eigenvalue weighted by atomic mass is 15.2. The summed E-state index contributed by atoms with van der Waals surface area (Å²) in [4.78, 5) is 4.53. The van der Waals surface area contributed by atoms with Crippen LogP contribution >= 0.6 is 0 Å². The molecule has 3 nitrogen and oxygen atoms in total. The van der Waals surface area contributed by atoms with Gasteiger partial charge in [0.25, 0.3) is 0 Å². The molecule has 3 heterocycles. The average Bonchev–Trinajstić information content (AvgIpc) is 2.89. The molecule has 0 saturated heterocycles. The van der Waals surface area contributed by atoms with E-state index in [-0.39, 0.29) is 0 Å². The van der Waals surface area contributed by atoms with E-state index in [1.165, 1.54) is 0 Å². The van der Waals surface area contributed by atoms with Crippen molar-refractivity contribution in [1.82, 2.24) is 14.6 Å². The molecule has 22 heavy (non-hydrogen) atoms. The topological polar surface area (TPSA) is 30.2 Å². The maximum Gasteiger partial charge on any atom is 0.0742 e. The molecule has 0 spiro atoms. The third-order valence-electron chi connectivity index (χ3n) is 3.88. The van der Waals surface area contributed by atoms with Crippen molar-refractivity contribution in [3.05, 3.63) is 77.9 Å². The first kappa shape index (κ1) is 14.3. The number of aryl methyl sites for hydroxylation is 2. The molecule has 3 heteroatoms. The first-order chi connectivity index (χ1) is 10.5. The van der Waals surface area contributed by atoms with E-state index in [0.29, 0.717) is 0 Å². The Morgan fingerprint density at radius 2 is 1.86 bits per heavy atom. The Morgan fingerprint density at radius 3 is 2.55 bits per heavy atom. The summed E-state index contributed by atoms with van der Waals surface area (Å²) in [5.41, 5.74) is 8.25. The monoisotopic (exact) mass is 289 g/mol. The van der Waals surface area contributed by atoms with E-state index in [9.17, 15) is 0 Å². The molecule has 0 aliphatic heterocycles. The third-order valence-corrected chi connectivity index (χ3v) is 3.88. The molecule has 0 aliphatic carbocycles. The van der Waals surface area contributed by atoms with Gasteiger partial charge in [-0.15, -0.1) is 0 Å². The molecule has 0 radical (unpaired) electrons. The summed E-state index contributed by atoms with van der Waals surface area (Å²) in [5.74, 6) is 0. The molecule has 0 N–H and O–H groups in total. The predicted molar refractivity (Wildman–Crippen MR) is 91.7 cm³/mol. The standard InChI is InChI=1S/C19H19N3/c1-12(2)18-11-20-22-9-8-16(10-19(18)22)14(4)17-7-6-13(3)21-15(17)5/h6-11H,1,4H2,2-3,5H3. The Balaban J connectivity index is 2.11. The van der Waals surface area contributed by atoms with Crippen LogP contribution < -0.4 is 0 Å². The van der Waals surface area contributed by atoms with Crippen LogP contribution in [-0.2, 0) is 0 Å². The second-order valence-corrected chi connectivity index (χ2v) is 5.65. The Morgan fingerprint density at radius 1 is 1.09 bits per heavy atom. The number of hydrogen-bond donors (Lipinski definition) is 0. The van der Waals surface area contributed by atoms with Crippen LogP contribution in [0.3, 0.4) is 0 Å². The molecular weight excluding hydrogens is 270 g/mol. The SMILES string of the molecule is C=C(c1ccn2ncc(C(=C)C)c2c1)c1ccc(C)nc1C. The predicted octanol–water partition coefficient (Wildman–Crippen LogP) is 4.44. The van der Waals surface area contributed by atoms with Crippen molar-refractivity contribution in [3.63, 3.8) is 0 Å². The van der Waals surface area contributed by atoms with Gasteiger partial charge in [0.05, 0.1) is 11.7 Å². The highest BCUT2D eigenvalue weighted by molar-refractivity contribution is 5.83. The number of nitrogens with zero attached hydrogens (tertiary/aromatic N) is 3. The van der Waals surface area contributed by atoms with Crippen LogP contribution in [0.2, 0.25) is 0 Å². The van der Waals surface area contributed by atoms with Crippen LogP contribution in [0.5, 0.6) is 0 Å². The van der Waals surface area contributed by atoms with Crippen LogP contribution in [0.25, 0.3) is 16.7 Å². The summed E-state index contributed by atoms with van der Waals surface area (Å²) < 4.78 is 1.86. The van der Waals surface area contributed by atoms with Crippen molar-refractivity contribution in [2.45, 2.75) is 20.8 Å². The van der Waals surface area contributed by atoms with Gasteiger partial charge < -0.3 is 0 Å². The van der Waals surface area contributed by atoms with Crippen molar-refractivity contribution < 1.29 is 0 Å². The average molecular weight is 289 g/mol. The molecule has 0 saturated carbocycles. The largest absolute Gasteiger partial charge is 0.258 e. The lowest BCUT2D eigenvalue weighted by Gasteiger charge is -2.10. The summed E-state index contributed by atoms with van der Waals surface area (Å²) in [6.45, 7) is 14.3. The van der Waals surface area contributed by atoms with Gasteiger partial charge in [-0.3, -0.25) is 4.98 Å². The fraction of sp³-hybridized carbons (Fsp3) is 0.158. The van der Waals surface area contributed by atoms with Crippen molar-refractivity contribution in [2.24, 2.45) is 0 Å². The van der Waals surface area contributed by atoms with Crippen LogP contribution in [0.4, 0.5) is 0 Å². The van der Waals surface area contributed by atoms with Crippen molar-refractivity contribution in [3.8, 4) is 0 Å². The van der Waals surface area contributed by atoms with E-state index < -0.39 is 0 Å². The van der Waals surface area contributed by atoms with Crippen molar-refractivity contribution >= 4 is 16.7 Å². The maximum atomic E-state index is 4.53. The fourth-order valence-electron chi connectivity index (χ4n) is 2.66. The number of pyridine rings is 2. The molecule has 0 amide bonds. The lowest BCUT2D eigenvalue weighted by Crippen LogP contribution is -1.96. The van der Waals surface area contributed by atoms with Gasteiger partial charge in [-0.2, -0.15) is 5.10 Å². The summed E-state index contributed by atoms with van der Waals surface area (Å²) in [6, 6.07) is 8.24. The maximum absolute atomic E-state index is 4.53. The quantitative estimate of drug-likeness (QED) is 0.713. The smallest absolute Gasteiger partial charge is 0.0742 e.